The Morgan fingerprint density at radius 2 is 1.90 bits per heavy atom. The number of amides is 1. The van der Waals surface area contributed by atoms with Gasteiger partial charge in [0, 0.05) is 6.20 Å². The molecule has 1 atom stereocenters. The second-order valence-corrected chi connectivity index (χ2v) is 6.57. The Morgan fingerprint density at radius 3 is 2.59 bits per heavy atom. The van der Waals surface area contributed by atoms with E-state index in [4.69, 9.17) is 5.26 Å². The second kappa shape index (κ2) is 8.40. The smallest absolute Gasteiger partial charge is 0.339 e. The number of aromatic nitrogens is 1. The highest BCUT2D eigenvalue weighted by Gasteiger charge is 2.16. The van der Waals surface area contributed by atoms with Crippen LogP contribution >= 0.6 is 0 Å². The Hall–Kier alpha value is -3.92. The lowest BCUT2D eigenvalue weighted by molar-refractivity contribution is -0.122. The molecule has 1 amide bonds. The van der Waals surface area contributed by atoms with Gasteiger partial charge in [-0.2, -0.15) is 5.26 Å². The average molecular weight is 389 g/mol. The number of esters is 1. The van der Waals surface area contributed by atoms with Gasteiger partial charge in [0.2, 0.25) is 5.91 Å². The van der Waals surface area contributed by atoms with E-state index >= 15 is 0 Å². The van der Waals surface area contributed by atoms with Gasteiger partial charge in [-0.15, -0.1) is 0 Å². The monoisotopic (exact) mass is 389 g/mol. The molecule has 0 saturated carbocycles. The number of nitrogens with zero attached hydrogens (tertiary/aromatic N) is 2. The Bertz CT molecular complexity index is 1190. The predicted octanol–water partition coefficient (Wildman–Crippen LogP) is 2.54. The van der Waals surface area contributed by atoms with Crippen LogP contribution in [-0.4, -0.2) is 23.6 Å². The lowest BCUT2D eigenvalue weighted by Gasteiger charge is -2.16. The number of hydrogen-bond acceptors (Lipinski definition) is 5. The molecule has 1 unspecified atom stereocenters. The number of benzene rings is 2. The first-order chi connectivity index (χ1) is 13.9. The van der Waals surface area contributed by atoms with Gasteiger partial charge < -0.3 is 14.6 Å². The number of ether oxygens (including phenoxy) is 1. The van der Waals surface area contributed by atoms with Crippen LogP contribution in [-0.2, 0) is 16.1 Å². The number of hydrogen-bond donors (Lipinski definition) is 1. The normalized spacial score (nSPS) is 11.5. The van der Waals surface area contributed by atoms with Crippen molar-refractivity contribution in [3.05, 3.63) is 81.8 Å². The van der Waals surface area contributed by atoms with Gasteiger partial charge in [0.25, 0.3) is 5.56 Å². The summed E-state index contributed by atoms with van der Waals surface area (Å²) in [5.41, 5.74) is 0.0707. The molecule has 2 aromatic carbocycles. The van der Waals surface area contributed by atoms with Crippen molar-refractivity contribution in [3.8, 4) is 6.07 Å². The Balaban J connectivity index is 1.80. The van der Waals surface area contributed by atoms with Gasteiger partial charge in [-0.05, 0) is 35.4 Å². The maximum atomic E-state index is 12.5. The first-order valence-electron chi connectivity index (χ1n) is 8.94. The highest BCUT2D eigenvalue weighted by molar-refractivity contribution is 5.89. The third kappa shape index (κ3) is 4.33. The number of nitrogens with one attached hydrogen (secondary N) is 1. The number of carbonyl (C=O) groups is 2. The van der Waals surface area contributed by atoms with Gasteiger partial charge >= 0.3 is 5.97 Å². The summed E-state index contributed by atoms with van der Waals surface area (Å²) in [5, 5.41) is 14.1. The lowest BCUT2D eigenvalue weighted by Crippen LogP contribution is -2.34. The zero-order chi connectivity index (χ0) is 21.0. The van der Waals surface area contributed by atoms with E-state index in [1.807, 2.05) is 49.4 Å². The lowest BCUT2D eigenvalue weighted by atomic mass is 10.0. The molecular weight excluding hydrogens is 370 g/mol. The van der Waals surface area contributed by atoms with E-state index in [9.17, 15) is 14.4 Å². The molecule has 0 spiro atoms. The van der Waals surface area contributed by atoms with Crippen LogP contribution in [0.25, 0.3) is 10.8 Å². The summed E-state index contributed by atoms with van der Waals surface area (Å²) in [5.74, 6) is -1.11. The number of carbonyl (C=O) groups excluding carboxylic acids is 2. The van der Waals surface area contributed by atoms with Gasteiger partial charge in [-0.25, -0.2) is 4.79 Å². The minimum atomic E-state index is -0.694. The molecule has 146 valence electrons. The van der Waals surface area contributed by atoms with E-state index in [1.165, 1.54) is 13.3 Å². The molecule has 0 aliphatic carbocycles. The molecule has 3 rings (SSSR count). The first kappa shape index (κ1) is 19.8. The minimum Gasteiger partial charge on any atom is -0.465 e. The van der Waals surface area contributed by atoms with Crippen molar-refractivity contribution in [1.82, 2.24) is 9.88 Å². The molecule has 1 aromatic heterocycles. The molecule has 0 aliphatic rings. The van der Waals surface area contributed by atoms with Crippen molar-refractivity contribution in [2.24, 2.45) is 0 Å². The fourth-order valence-corrected chi connectivity index (χ4v) is 3.07. The van der Waals surface area contributed by atoms with Crippen molar-refractivity contribution in [2.75, 3.05) is 7.11 Å². The highest BCUT2D eigenvalue weighted by Crippen LogP contribution is 2.20. The van der Waals surface area contributed by atoms with Gasteiger partial charge in [-0.3, -0.25) is 9.59 Å². The number of pyridine rings is 1. The molecule has 29 heavy (non-hydrogen) atoms. The van der Waals surface area contributed by atoms with E-state index in [-0.39, 0.29) is 23.7 Å². The zero-order valence-electron chi connectivity index (χ0n) is 16.0. The average Bonchev–Trinajstić information content (AvgIpc) is 2.74. The summed E-state index contributed by atoms with van der Waals surface area (Å²) >= 11 is 0. The topological polar surface area (TPSA) is 101 Å². The zero-order valence-corrected chi connectivity index (χ0v) is 16.0. The molecule has 7 nitrogen and oxygen atoms in total. The van der Waals surface area contributed by atoms with Crippen LogP contribution in [0.15, 0.2) is 59.5 Å². The standard InChI is InChI=1S/C22H19N3O4/c1-14(16-8-7-15-5-3-4-6-17(15)9-16)24-20(26)13-25-12-19(22(28)29-2)10-18(11-23)21(25)27/h3-10,12,14H,13H2,1-2H3,(H,24,26). The number of rotatable bonds is 5. The van der Waals surface area contributed by atoms with Crippen LogP contribution < -0.4 is 10.9 Å². The Morgan fingerprint density at radius 1 is 1.17 bits per heavy atom. The van der Waals surface area contributed by atoms with Gasteiger partial charge in [-0.1, -0.05) is 36.4 Å². The van der Waals surface area contributed by atoms with Crippen molar-refractivity contribution in [3.63, 3.8) is 0 Å². The maximum Gasteiger partial charge on any atom is 0.339 e. The Kier molecular flexibility index (Phi) is 5.74. The van der Waals surface area contributed by atoms with Crippen LogP contribution in [0.1, 0.15) is 34.5 Å². The molecule has 7 heteroatoms. The summed E-state index contributed by atoms with van der Waals surface area (Å²) in [6, 6.07) is 16.4. The molecule has 1 heterocycles. The van der Waals surface area contributed by atoms with Crippen LogP contribution in [0.2, 0.25) is 0 Å². The van der Waals surface area contributed by atoms with E-state index < -0.39 is 17.4 Å². The summed E-state index contributed by atoms with van der Waals surface area (Å²) in [6.07, 6.45) is 1.22. The first-order valence-corrected chi connectivity index (χ1v) is 8.94. The van der Waals surface area contributed by atoms with Crippen LogP contribution in [0.5, 0.6) is 0 Å². The molecule has 0 fully saturated rings. The second-order valence-electron chi connectivity index (χ2n) is 6.57. The van der Waals surface area contributed by atoms with Gasteiger partial charge in [0.1, 0.15) is 18.2 Å². The van der Waals surface area contributed by atoms with Crippen molar-refractivity contribution >= 4 is 22.6 Å². The molecule has 1 N–H and O–H groups in total. The van der Waals surface area contributed by atoms with Gasteiger partial charge in [0.15, 0.2) is 0 Å². The van der Waals surface area contributed by atoms with Crippen molar-refractivity contribution in [1.29, 1.82) is 5.26 Å². The summed E-state index contributed by atoms with van der Waals surface area (Å²) in [6.45, 7) is 1.52. The molecule has 3 aromatic rings. The van der Waals surface area contributed by atoms with Crippen LogP contribution in [0.4, 0.5) is 0 Å². The fourth-order valence-electron chi connectivity index (χ4n) is 3.07. The molecule has 0 bridgehead atoms. The summed E-state index contributed by atoms with van der Waals surface area (Å²) < 4.78 is 5.66. The fraction of sp³-hybridized carbons (Fsp3) is 0.182. The Labute approximate surface area is 167 Å². The molecule has 0 aliphatic heterocycles. The largest absolute Gasteiger partial charge is 0.465 e. The molecular formula is C22H19N3O4. The molecule has 0 radical (unpaired) electrons. The van der Waals surface area contributed by atoms with E-state index in [0.29, 0.717) is 0 Å². The molecule has 0 saturated heterocycles. The quantitative estimate of drug-likeness (QED) is 0.676. The van der Waals surface area contributed by atoms with Gasteiger partial charge in [0.05, 0.1) is 18.7 Å². The number of fused-ring (bicyclic) bond motifs is 1. The third-order valence-corrected chi connectivity index (χ3v) is 4.59. The van der Waals surface area contributed by atoms with Crippen molar-refractivity contribution < 1.29 is 14.3 Å². The van der Waals surface area contributed by atoms with E-state index in [1.54, 1.807) is 6.07 Å². The van der Waals surface area contributed by atoms with E-state index in [0.717, 1.165) is 27.0 Å². The highest BCUT2D eigenvalue weighted by atomic mass is 16.5. The minimum absolute atomic E-state index is 0.0269. The maximum absolute atomic E-state index is 12.5. The number of methoxy groups -OCH3 is 1. The van der Waals surface area contributed by atoms with Crippen LogP contribution in [0, 0.1) is 11.3 Å². The van der Waals surface area contributed by atoms with Crippen molar-refractivity contribution in [2.45, 2.75) is 19.5 Å². The summed E-state index contributed by atoms with van der Waals surface area (Å²) in [4.78, 5) is 36.6. The van der Waals surface area contributed by atoms with Crippen LogP contribution in [0.3, 0.4) is 0 Å². The third-order valence-electron chi connectivity index (χ3n) is 4.59. The van der Waals surface area contributed by atoms with E-state index in [2.05, 4.69) is 10.1 Å². The number of nitriles is 1. The summed E-state index contributed by atoms with van der Waals surface area (Å²) in [7, 11) is 1.20. The predicted molar refractivity (Wildman–Crippen MR) is 107 cm³/mol. The SMILES string of the molecule is COC(=O)c1cc(C#N)c(=O)n(CC(=O)NC(C)c2ccc3ccccc3c2)c1.